The summed E-state index contributed by atoms with van der Waals surface area (Å²) < 4.78 is 11.2. The highest BCUT2D eigenvalue weighted by atomic mass is 35.5. The zero-order chi connectivity index (χ0) is 14.8. The minimum absolute atomic E-state index is 0.402. The van der Waals surface area contributed by atoms with Crippen molar-refractivity contribution in [2.45, 2.75) is 25.8 Å². The van der Waals surface area contributed by atoms with Gasteiger partial charge in [0.1, 0.15) is 13.2 Å². The number of nitrogens with one attached hydrogen (secondary N) is 1. The first-order valence-corrected chi connectivity index (χ1v) is 8.05. The van der Waals surface area contributed by atoms with Crippen LogP contribution in [0.4, 0.5) is 5.69 Å². The van der Waals surface area contributed by atoms with E-state index in [-0.39, 0.29) is 0 Å². The summed E-state index contributed by atoms with van der Waals surface area (Å²) in [5, 5.41) is 4.25. The Bertz CT molecular complexity index is 501. The van der Waals surface area contributed by atoms with Crippen molar-refractivity contribution in [3.05, 3.63) is 17.2 Å². The lowest BCUT2D eigenvalue weighted by atomic mass is 9.90. The molecular formula is C16H23ClN2O2. The van der Waals surface area contributed by atoms with Gasteiger partial charge >= 0.3 is 0 Å². The SMILES string of the molecule is CC(Nc1cc2c(cc1Cl)OCCO2)C1CCN(C)CC1. The Morgan fingerprint density at radius 2 is 1.81 bits per heavy atom. The van der Waals surface area contributed by atoms with Gasteiger partial charge in [-0.05, 0) is 45.8 Å². The van der Waals surface area contributed by atoms with Gasteiger partial charge in [0.25, 0.3) is 0 Å². The maximum atomic E-state index is 6.36. The third-order valence-electron chi connectivity index (χ3n) is 4.49. The molecular weight excluding hydrogens is 288 g/mol. The first kappa shape index (κ1) is 14.8. The zero-order valence-corrected chi connectivity index (χ0v) is 13.4. The van der Waals surface area contributed by atoms with Crippen LogP contribution in [0.15, 0.2) is 12.1 Å². The van der Waals surface area contributed by atoms with Gasteiger partial charge in [0.2, 0.25) is 0 Å². The van der Waals surface area contributed by atoms with Gasteiger partial charge in [-0.3, -0.25) is 0 Å². The lowest BCUT2D eigenvalue weighted by molar-refractivity contribution is 0.171. The van der Waals surface area contributed by atoms with E-state index in [1.165, 1.54) is 25.9 Å². The van der Waals surface area contributed by atoms with Crippen molar-refractivity contribution in [3.8, 4) is 11.5 Å². The fourth-order valence-electron chi connectivity index (χ4n) is 3.07. The van der Waals surface area contributed by atoms with Gasteiger partial charge in [-0.1, -0.05) is 11.6 Å². The van der Waals surface area contributed by atoms with Gasteiger partial charge in [-0.2, -0.15) is 0 Å². The second-order valence-electron chi connectivity index (χ2n) is 6.05. The fraction of sp³-hybridized carbons (Fsp3) is 0.625. The fourth-order valence-corrected chi connectivity index (χ4v) is 3.27. The van der Waals surface area contributed by atoms with E-state index in [0.717, 1.165) is 17.2 Å². The second-order valence-corrected chi connectivity index (χ2v) is 6.46. The molecule has 2 heterocycles. The van der Waals surface area contributed by atoms with Crippen LogP contribution < -0.4 is 14.8 Å². The summed E-state index contributed by atoms with van der Waals surface area (Å²) in [6.45, 7) is 5.76. The molecule has 0 spiro atoms. The highest BCUT2D eigenvalue weighted by Crippen LogP contribution is 2.38. The number of hydrogen-bond acceptors (Lipinski definition) is 4. The number of hydrogen-bond donors (Lipinski definition) is 1. The highest BCUT2D eigenvalue weighted by Gasteiger charge is 2.23. The van der Waals surface area contributed by atoms with Crippen LogP contribution in [-0.4, -0.2) is 44.3 Å². The lowest BCUT2D eigenvalue weighted by Gasteiger charge is -2.33. The number of benzene rings is 1. The molecule has 5 heteroatoms. The van der Waals surface area contributed by atoms with Crippen molar-refractivity contribution in [2.75, 3.05) is 38.7 Å². The van der Waals surface area contributed by atoms with E-state index < -0.39 is 0 Å². The Kier molecular flexibility index (Phi) is 4.45. The third kappa shape index (κ3) is 3.38. The van der Waals surface area contributed by atoms with Crippen LogP contribution in [-0.2, 0) is 0 Å². The quantitative estimate of drug-likeness (QED) is 0.929. The first-order valence-electron chi connectivity index (χ1n) is 7.67. The van der Waals surface area contributed by atoms with E-state index in [4.69, 9.17) is 21.1 Å². The summed E-state index contributed by atoms with van der Waals surface area (Å²) >= 11 is 6.36. The van der Waals surface area contributed by atoms with Crippen molar-refractivity contribution in [1.82, 2.24) is 4.90 Å². The monoisotopic (exact) mass is 310 g/mol. The van der Waals surface area contributed by atoms with Crippen LogP contribution in [0.25, 0.3) is 0 Å². The molecule has 4 nitrogen and oxygen atoms in total. The van der Waals surface area contributed by atoms with Crippen molar-refractivity contribution < 1.29 is 9.47 Å². The molecule has 1 unspecified atom stereocenters. The Labute approximate surface area is 131 Å². The molecule has 1 atom stereocenters. The van der Waals surface area contributed by atoms with Crippen molar-refractivity contribution in [2.24, 2.45) is 5.92 Å². The number of anilines is 1. The largest absolute Gasteiger partial charge is 0.486 e. The minimum atomic E-state index is 0.402. The van der Waals surface area contributed by atoms with Crippen LogP contribution in [0.2, 0.25) is 5.02 Å². The van der Waals surface area contributed by atoms with Gasteiger partial charge in [-0.15, -0.1) is 0 Å². The summed E-state index contributed by atoms with van der Waals surface area (Å²) in [6.07, 6.45) is 2.46. The molecule has 0 aliphatic carbocycles. The molecule has 0 saturated carbocycles. The predicted molar refractivity (Wildman–Crippen MR) is 85.7 cm³/mol. The van der Waals surface area contributed by atoms with Crippen molar-refractivity contribution >= 4 is 17.3 Å². The molecule has 0 radical (unpaired) electrons. The normalized spacial score (nSPS) is 21.1. The standard InChI is InChI=1S/C16H23ClN2O2/c1-11(12-3-5-19(2)6-4-12)18-14-10-16-15(9-13(14)17)20-7-8-21-16/h9-12,18H,3-8H2,1-2H3. The van der Waals surface area contributed by atoms with Crippen LogP contribution in [0.5, 0.6) is 11.5 Å². The van der Waals surface area contributed by atoms with Crippen LogP contribution >= 0.6 is 11.6 Å². The van der Waals surface area contributed by atoms with Gasteiger partial charge in [0.15, 0.2) is 11.5 Å². The van der Waals surface area contributed by atoms with E-state index in [1.54, 1.807) is 0 Å². The van der Waals surface area contributed by atoms with Gasteiger partial charge in [0.05, 0.1) is 10.7 Å². The molecule has 2 aliphatic rings. The molecule has 0 bridgehead atoms. The van der Waals surface area contributed by atoms with Gasteiger partial charge in [0, 0.05) is 18.2 Å². The molecule has 21 heavy (non-hydrogen) atoms. The number of likely N-dealkylation sites (tertiary alicyclic amines) is 1. The molecule has 0 amide bonds. The number of rotatable bonds is 3. The molecule has 116 valence electrons. The average Bonchev–Trinajstić information content (AvgIpc) is 2.48. The summed E-state index contributed by atoms with van der Waals surface area (Å²) in [5.74, 6) is 2.21. The number of piperidine rings is 1. The van der Waals surface area contributed by atoms with E-state index >= 15 is 0 Å². The maximum absolute atomic E-state index is 6.36. The summed E-state index contributed by atoms with van der Waals surface area (Å²) in [7, 11) is 2.19. The van der Waals surface area contributed by atoms with Gasteiger partial charge < -0.3 is 19.7 Å². The third-order valence-corrected chi connectivity index (χ3v) is 4.80. The molecule has 2 aliphatic heterocycles. The first-order chi connectivity index (χ1) is 10.1. The summed E-state index contributed by atoms with van der Waals surface area (Å²) in [5.41, 5.74) is 0.937. The second kappa shape index (κ2) is 6.32. The van der Waals surface area contributed by atoms with Crippen LogP contribution in [0.3, 0.4) is 0 Å². The molecule has 1 aromatic rings. The maximum Gasteiger partial charge on any atom is 0.163 e. The summed E-state index contributed by atoms with van der Waals surface area (Å²) in [6, 6.07) is 4.21. The Hall–Kier alpha value is -1.13. The number of fused-ring (bicyclic) bond motifs is 1. The lowest BCUT2D eigenvalue weighted by Crippen LogP contribution is -2.37. The van der Waals surface area contributed by atoms with E-state index in [2.05, 4.69) is 24.2 Å². The van der Waals surface area contributed by atoms with Crippen LogP contribution in [0.1, 0.15) is 19.8 Å². The van der Waals surface area contributed by atoms with E-state index in [0.29, 0.717) is 30.2 Å². The predicted octanol–water partition coefficient (Wildman–Crippen LogP) is 3.25. The molecule has 1 N–H and O–H groups in total. The molecule has 1 aromatic carbocycles. The molecule has 0 aromatic heterocycles. The van der Waals surface area contributed by atoms with E-state index in [9.17, 15) is 0 Å². The Morgan fingerprint density at radius 3 is 2.48 bits per heavy atom. The smallest absolute Gasteiger partial charge is 0.163 e. The molecule has 1 saturated heterocycles. The van der Waals surface area contributed by atoms with E-state index in [1.807, 2.05) is 12.1 Å². The summed E-state index contributed by atoms with van der Waals surface area (Å²) in [4.78, 5) is 2.39. The minimum Gasteiger partial charge on any atom is -0.486 e. The average molecular weight is 311 g/mol. The topological polar surface area (TPSA) is 33.7 Å². The number of nitrogens with zero attached hydrogens (tertiary/aromatic N) is 1. The molecule has 1 fully saturated rings. The van der Waals surface area contributed by atoms with Crippen molar-refractivity contribution in [3.63, 3.8) is 0 Å². The van der Waals surface area contributed by atoms with Gasteiger partial charge in [-0.25, -0.2) is 0 Å². The number of ether oxygens (including phenoxy) is 2. The molecule has 3 rings (SSSR count). The highest BCUT2D eigenvalue weighted by molar-refractivity contribution is 6.33. The Balaban J connectivity index is 1.69. The van der Waals surface area contributed by atoms with Crippen LogP contribution in [0, 0.1) is 5.92 Å². The number of halogens is 1. The van der Waals surface area contributed by atoms with Crippen molar-refractivity contribution in [1.29, 1.82) is 0 Å². The zero-order valence-electron chi connectivity index (χ0n) is 12.7. The Morgan fingerprint density at radius 1 is 1.19 bits per heavy atom.